The number of nitrogens with one attached hydrogen (secondary N) is 1. The number of carbonyl (C=O) groups is 1. The van der Waals surface area contributed by atoms with Crippen molar-refractivity contribution in [3.63, 3.8) is 0 Å². The largest absolute Gasteiger partial charge is 0.291 e. The maximum Gasteiger partial charge on any atom is 0.291 e. The molecular weight excluding hydrogens is 360 g/mol. The number of aromatic nitrogens is 2. The van der Waals surface area contributed by atoms with Gasteiger partial charge in [-0.1, -0.05) is 60.1 Å². The summed E-state index contributed by atoms with van der Waals surface area (Å²) in [7, 11) is 0. The fourth-order valence-electron chi connectivity index (χ4n) is 2.36. The van der Waals surface area contributed by atoms with E-state index in [1.54, 1.807) is 16.9 Å². The summed E-state index contributed by atoms with van der Waals surface area (Å²) in [6.07, 6.45) is 5.54. The molecule has 0 atom stereocenters. The Labute approximate surface area is 163 Å². The average Bonchev–Trinajstić information content (AvgIpc) is 3.16. The van der Waals surface area contributed by atoms with Crippen molar-refractivity contribution in [2.75, 3.05) is 0 Å². The second-order valence-electron chi connectivity index (χ2n) is 5.96. The van der Waals surface area contributed by atoms with Crippen LogP contribution in [0.25, 0.3) is 6.08 Å². The van der Waals surface area contributed by atoms with Gasteiger partial charge >= 0.3 is 0 Å². The van der Waals surface area contributed by atoms with Crippen molar-refractivity contribution in [3.8, 4) is 0 Å². The van der Waals surface area contributed by atoms with Crippen molar-refractivity contribution < 1.29 is 4.79 Å². The highest BCUT2D eigenvalue weighted by Gasteiger charge is 2.09. The SMILES string of the molecule is CC(/C=C/c1ccccc1)=N/NC(=O)c1ccn(Cc2ccc(Cl)cc2)n1. The molecule has 136 valence electrons. The monoisotopic (exact) mass is 378 g/mol. The average molecular weight is 379 g/mol. The van der Waals surface area contributed by atoms with Crippen molar-refractivity contribution >= 4 is 29.3 Å². The minimum Gasteiger partial charge on any atom is -0.268 e. The number of hydrazone groups is 1. The van der Waals surface area contributed by atoms with E-state index in [1.807, 2.05) is 73.7 Å². The number of benzene rings is 2. The lowest BCUT2D eigenvalue weighted by atomic mass is 10.2. The van der Waals surface area contributed by atoms with Crippen molar-refractivity contribution in [1.82, 2.24) is 15.2 Å². The van der Waals surface area contributed by atoms with E-state index >= 15 is 0 Å². The molecule has 1 amide bonds. The normalized spacial score (nSPS) is 11.7. The fourth-order valence-corrected chi connectivity index (χ4v) is 2.49. The van der Waals surface area contributed by atoms with E-state index in [9.17, 15) is 4.79 Å². The van der Waals surface area contributed by atoms with Gasteiger partial charge in [0, 0.05) is 11.2 Å². The molecule has 2 aromatic carbocycles. The number of halogens is 1. The Bertz CT molecular complexity index is 959. The Morgan fingerprint density at radius 3 is 2.63 bits per heavy atom. The van der Waals surface area contributed by atoms with Crippen LogP contribution in [0.4, 0.5) is 0 Å². The summed E-state index contributed by atoms with van der Waals surface area (Å²) in [6, 6.07) is 19.1. The number of hydrogen-bond donors (Lipinski definition) is 1. The van der Waals surface area contributed by atoms with Crippen LogP contribution in [-0.4, -0.2) is 21.4 Å². The van der Waals surface area contributed by atoms with Gasteiger partial charge in [0.05, 0.1) is 12.3 Å². The van der Waals surface area contributed by atoms with Crippen LogP contribution in [-0.2, 0) is 6.54 Å². The lowest BCUT2D eigenvalue weighted by Gasteiger charge is -2.02. The Morgan fingerprint density at radius 2 is 1.89 bits per heavy atom. The van der Waals surface area contributed by atoms with Crippen LogP contribution in [0.5, 0.6) is 0 Å². The van der Waals surface area contributed by atoms with Crippen LogP contribution < -0.4 is 5.43 Å². The molecule has 0 aliphatic heterocycles. The van der Waals surface area contributed by atoms with Gasteiger partial charge in [-0.15, -0.1) is 0 Å². The first-order valence-electron chi connectivity index (χ1n) is 8.46. The van der Waals surface area contributed by atoms with E-state index in [0.717, 1.165) is 11.1 Å². The highest BCUT2D eigenvalue weighted by Crippen LogP contribution is 2.10. The van der Waals surface area contributed by atoms with E-state index in [-0.39, 0.29) is 5.91 Å². The Morgan fingerprint density at radius 1 is 1.15 bits per heavy atom. The van der Waals surface area contributed by atoms with Crippen molar-refractivity contribution in [3.05, 3.63) is 94.8 Å². The second-order valence-corrected chi connectivity index (χ2v) is 6.40. The smallest absolute Gasteiger partial charge is 0.268 e. The lowest BCUT2D eigenvalue weighted by molar-refractivity contribution is 0.0949. The third-order valence-corrected chi connectivity index (χ3v) is 4.03. The Hall–Kier alpha value is -3.18. The van der Waals surface area contributed by atoms with Crippen LogP contribution in [0, 0.1) is 0 Å². The molecule has 0 fully saturated rings. The minimum atomic E-state index is -0.350. The molecule has 6 heteroatoms. The number of amides is 1. The molecular formula is C21H19ClN4O. The van der Waals surface area contributed by atoms with Gasteiger partial charge in [0.1, 0.15) is 0 Å². The van der Waals surface area contributed by atoms with Gasteiger partial charge in [0.15, 0.2) is 5.69 Å². The number of allylic oxidation sites excluding steroid dienone is 1. The number of carbonyl (C=O) groups excluding carboxylic acids is 1. The molecule has 0 bridgehead atoms. The third-order valence-electron chi connectivity index (χ3n) is 3.78. The van der Waals surface area contributed by atoms with Crippen molar-refractivity contribution in [1.29, 1.82) is 0 Å². The Kier molecular flexibility index (Phi) is 6.18. The first kappa shape index (κ1) is 18.6. The molecule has 1 aromatic heterocycles. The number of rotatable bonds is 6. The van der Waals surface area contributed by atoms with Gasteiger partial charge in [-0.3, -0.25) is 9.48 Å². The zero-order valence-electron chi connectivity index (χ0n) is 14.8. The highest BCUT2D eigenvalue weighted by molar-refractivity contribution is 6.30. The topological polar surface area (TPSA) is 59.3 Å². The predicted molar refractivity (Wildman–Crippen MR) is 109 cm³/mol. The molecule has 5 nitrogen and oxygen atoms in total. The third kappa shape index (κ3) is 5.66. The fraction of sp³-hybridized carbons (Fsp3) is 0.0952. The predicted octanol–water partition coefficient (Wildman–Crippen LogP) is 4.40. The maximum absolute atomic E-state index is 12.2. The molecule has 0 radical (unpaired) electrons. The van der Waals surface area contributed by atoms with Gasteiger partial charge in [0.25, 0.3) is 5.91 Å². The van der Waals surface area contributed by atoms with Crippen LogP contribution >= 0.6 is 11.6 Å². The molecule has 27 heavy (non-hydrogen) atoms. The van der Waals surface area contributed by atoms with E-state index in [1.165, 1.54) is 0 Å². The summed E-state index contributed by atoms with van der Waals surface area (Å²) >= 11 is 5.89. The van der Waals surface area contributed by atoms with Crippen LogP contribution in [0.3, 0.4) is 0 Å². The van der Waals surface area contributed by atoms with Crippen molar-refractivity contribution in [2.45, 2.75) is 13.5 Å². The molecule has 0 spiro atoms. The summed E-state index contributed by atoms with van der Waals surface area (Å²) in [5.74, 6) is -0.350. The zero-order chi connectivity index (χ0) is 19.1. The molecule has 3 rings (SSSR count). The molecule has 0 unspecified atom stereocenters. The molecule has 0 saturated heterocycles. The van der Waals surface area contributed by atoms with E-state index in [4.69, 9.17) is 11.6 Å². The van der Waals surface area contributed by atoms with Crippen LogP contribution in [0.15, 0.2) is 78.0 Å². The first-order chi connectivity index (χ1) is 13.1. The van der Waals surface area contributed by atoms with E-state index in [0.29, 0.717) is 23.0 Å². The molecule has 1 N–H and O–H groups in total. The van der Waals surface area contributed by atoms with Gasteiger partial charge in [0.2, 0.25) is 0 Å². The summed E-state index contributed by atoms with van der Waals surface area (Å²) in [4.78, 5) is 12.2. The van der Waals surface area contributed by atoms with E-state index < -0.39 is 0 Å². The van der Waals surface area contributed by atoms with Gasteiger partial charge in [-0.05, 0) is 42.3 Å². The maximum atomic E-state index is 12.2. The Balaban J connectivity index is 1.57. The number of hydrogen-bond acceptors (Lipinski definition) is 3. The zero-order valence-corrected chi connectivity index (χ0v) is 15.6. The lowest BCUT2D eigenvalue weighted by Crippen LogP contribution is -2.19. The first-order valence-corrected chi connectivity index (χ1v) is 8.83. The van der Waals surface area contributed by atoms with Gasteiger partial charge < -0.3 is 0 Å². The summed E-state index contributed by atoms with van der Waals surface area (Å²) in [5.41, 5.74) is 5.64. The van der Waals surface area contributed by atoms with Crippen LogP contribution in [0.1, 0.15) is 28.5 Å². The molecule has 1 heterocycles. The van der Waals surface area contributed by atoms with Crippen LogP contribution in [0.2, 0.25) is 5.02 Å². The quantitative estimate of drug-likeness (QED) is 0.510. The van der Waals surface area contributed by atoms with Gasteiger partial charge in [-0.25, -0.2) is 5.43 Å². The van der Waals surface area contributed by atoms with Crippen molar-refractivity contribution in [2.24, 2.45) is 5.10 Å². The molecule has 0 aliphatic rings. The second kappa shape index (κ2) is 8.96. The van der Waals surface area contributed by atoms with E-state index in [2.05, 4.69) is 15.6 Å². The van der Waals surface area contributed by atoms with Gasteiger partial charge in [-0.2, -0.15) is 10.2 Å². The summed E-state index contributed by atoms with van der Waals surface area (Å²) in [5, 5.41) is 9.06. The molecule has 0 aliphatic carbocycles. The minimum absolute atomic E-state index is 0.313. The standard InChI is InChI=1S/C21H19ClN4O/c1-16(7-8-17-5-3-2-4-6-17)23-24-21(27)20-13-14-26(25-20)15-18-9-11-19(22)12-10-18/h2-14H,15H2,1H3,(H,24,27)/b8-7+,23-16-. The number of nitrogens with zero attached hydrogens (tertiary/aromatic N) is 3. The molecule has 0 saturated carbocycles. The molecule has 3 aromatic rings. The summed E-state index contributed by atoms with van der Waals surface area (Å²) in [6.45, 7) is 2.38. The summed E-state index contributed by atoms with van der Waals surface area (Å²) < 4.78 is 1.70. The highest BCUT2D eigenvalue weighted by atomic mass is 35.5.